The van der Waals surface area contributed by atoms with Crippen LogP contribution in [-0.4, -0.2) is 16.8 Å². The molecule has 0 bridgehead atoms. The highest BCUT2D eigenvalue weighted by atomic mass is 19.2. The zero-order valence-electron chi connectivity index (χ0n) is 15.4. The summed E-state index contributed by atoms with van der Waals surface area (Å²) in [7, 11) is 0. The van der Waals surface area contributed by atoms with E-state index in [9.17, 15) is 23.4 Å². The maximum Gasteiger partial charge on any atom is 0.194 e. The fourth-order valence-corrected chi connectivity index (χ4v) is 4.40. The van der Waals surface area contributed by atoms with Gasteiger partial charge >= 0.3 is 0 Å². The van der Waals surface area contributed by atoms with Gasteiger partial charge in [-0.2, -0.15) is 0 Å². The topological polar surface area (TPSA) is 40.5 Å². The standard InChI is InChI=1S/C22H25F3O2/c1-2-3-13-4-6-17(16(8-13)12-26)18-7-5-14(11-21(18)27)15-9-19(23)22(25)20(24)10-15/h5,7,9-11,13,16-17,26-27H,2-4,6,8,12H2,1H3. The van der Waals surface area contributed by atoms with Crippen molar-refractivity contribution in [2.75, 3.05) is 6.61 Å². The smallest absolute Gasteiger partial charge is 0.194 e. The van der Waals surface area contributed by atoms with E-state index in [0.717, 1.165) is 49.8 Å². The lowest BCUT2D eigenvalue weighted by molar-refractivity contribution is 0.134. The largest absolute Gasteiger partial charge is 0.508 e. The van der Waals surface area contributed by atoms with E-state index in [4.69, 9.17) is 0 Å². The lowest BCUT2D eigenvalue weighted by Crippen LogP contribution is -2.26. The number of halogens is 3. The van der Waals surface area contributed by atoms with Crippen LogP contribution in [0.25, 0.3) is 11.1 Å². The number of hydrogen-bond donors (Lipinski definition) is 2. The summed E-state index contributed by atoms with van der Waals surface area (Å²) in [5.41, 5.74) is 1.32. The van der Waals surface area contributed by atoms with Crippen LogP contribution in [0.1, 0.15) is 50.5 Å². The molecule has 0 heterocycles. The van der Waals surface area contributed by atoms with Gasteiger partial charge in [0, 0.05) is 6.61 Å². The SMILES string of the molecule is CCCC1CCC(c2ccc(-c3cc(F)c(F)c(F)c3)cc2O)C(CO)C1. The molecule has 0 spiro atoms. The molecule has 0 amide bonds. The Morgan fingerprint density at radius 3 is 2.30 bits per heavy atom. The van der Waals surface area contributed by atoms with Crippen LogP contribution in [0.15, 0.2) is 30.3 Å². The van der Waals surface area contributed by atoms with E-state index in [0.29, 0.717) is 11.5 Å². The second-order valence-corrected chi connectivity index (χ2v) is 7.54. The van der Waals surface area contributed by atoms with Gasteiger partial charge < -0.3 is 10.2 Å². The molecule has 27 heavy (non-hydrogen) atoms. The molecule has 3 rings (SSSR count). The molecule has 0 aliphatic heterocycles. The van der Waals surface area contributed by atoms with Crippen molar-refractivity contribution in [1.82, 2.24) is 0 Å². The minimum atomic E-state index is -1.51. The molecule has 0 radical (unpaired) electrons. The van der Waals surface area contributed by atoms with Crippen LogP contribution in [0, 0.1) is 29.3 Å². The van der Waals surface area contributed by atoms with E-state index in [2.05, 4.69) is 6.92 Å². The molecular formula is C22H25F3O2. The molecule has 146 valence electrons. The molecule has 5 heteroatoms. The highest BCUT2D eigenvalue weighted by Gasteiger charge is 2.32. The first-order valence-electron chi connectivity index (χ1n) is 9.53. The number of rotatable bonds is 5. The van der Waals surface area contributed by atoms with Gasteiger partial charge in [0.1, 0.15) is 5.75 Å². The molecule has 3 atom stereocenters. The maximum atomic E-state index is 13.5. The summed E-state index contributed by atoms with van der Waals surface area (Å²) in [4.78, 5) is 0. The van der Waals surface area contributed by atoms with Crippen molar-refractivity contribution < 1.29 is 23.4 Å². The molecule has 0 saturated heterocycles. The highest BCUT2D eigenvalue weighted by molar-refractivity contribution is 5.66. The van der Waals surface area contributed by atoms with Crippen LogP contribution in [0.4, 0.5) is 13.2 Å². The number of aliphatic hydroxyl groups is 1. The van der Waals surface area contributed by atoms with Crippen molar-refractivity contribution >= 4 is 0 Å². The molecule has 1 aliphatic carbocycles. The highest BCUT2D eigenvalue weighted by Crippen LogP contribution is 2.45. The molecule has 2 aromatic carbocycles. The Morgan fingerprint density at radius 2 is 1.70 bits per heavy atom. The van der Waals surface area contributed by atoms with Crippen LogP contribution in [0.3, 0.4) is 0 Å². The lowest BCUT2D eigenvalue weighted by atomic mass is 9.70. The monoisotopic (exact) mass is 378 g/mol. The summed E-state index contributed by atoms with van der Waals surface area (Å²) in [6, 6.07) is 6.71. The van der Waals surface area contributed by atoms with Crippen molar-refractivity contribution in [3.8, 4) is 16.9 Å². The third kappa shape index (κ3) is 4.13. The fourth-order valence-electron chi connectivity index (χ4n) is 4.40. The predicted molar refractivity (Wildman–Crippen MR) is 99.0 cm³/mol. The normalized spacial score (nSPS) is 22.8. The average molecular weight is 378 g/mol. The van der Waals surface area contributed by atoms with Crippen molar-refractivity contribution in [3.63, 3.8) is 0 Å². The van der Waals surface area contributed by atoms with E-state index in [1.807, 2.05) is 0 Å². The van der Waals surface area contributed by atoms with Crippen LogP contribution < -0.4 is 0 Å². The van der Waals surface area contributed by atoms with Gasteiger partial charge in [0.05, 0.1) is 0 Å². The third-order valence-electron chi connectivity index (χ3n) is 5.77. The third-order valence-corrected chi connectivity index (χ3v) is 5.77. The van der Waals surface area contributed by atoms with Crippen molar-refractivity contribution in [3.05, 3.63) is 53.3 Å². The minimum absolute atomic E-state index is 0.0371. The Morgan fingerprint density at radius 1 is 1.00 bits per heavy atom. The maximum absolute atomic E-state index is 13.5. The molecule has 2 nitrogen and oxygen atoms in total. The second kappa shape index (κ2) is 8.34. The Balaban J connectivity index is 1.87. The van der Waals surface area contributed by atoms with Crippen LogP contribution >= 0.6 is 0 Å². The fraction of sp³-hybridized carbons (Fsp3) is 0.455. The van der Waals surface area contributed by atoms with Gasteiger partial charge in [-0.3, -0.25) is 0 Å². The minimum Gasteiger partial charge on any atom is -0.508 e. The molecule has 1 fully saturated rings. The molecule has 0 aromatic heterocycles. The number of phenolic OH excluding ortho intramolecular Hbond substituents is 1. The average Bonchev–Trinajstić information content (AvgIpc) is 2.66. The summed E-state index contributed by atoms with van der Waals surface area (Å²) in [6.07, 6.45) is 5.16. The Labute approximate surface area is 157 Å². The summed E-state index contributed by atoms with van der Waals surface area (Å²) < 4.78 is 40.1. The van der Waals surface area contributed by atoms with E-state index >= 15 is 0 Å². The van der Waals surface area contributed by atoms with Crippen molar-refractivity contribution in [2.45, 2.75) is 44.9 Å². The number of phenols is 1. The summed E-state index contributed by atoms with van der Waals surface area (Å²) >= 11 is 0. The van der Waals surface area contributed by atoms with E-state index in [1.54, 1.807) is 12.1 Å². The molecule has 2 aromatic rings. The van der Waals surface area contributed by atoms with E-state index in [-0.39, 0.29) is 29.8 Å². The predicted octanol–water partition coefficient (Wildman–Crippen LogP) is 5.77. The van der Waals surface area contributed by atoms with Gasteiger partial charge in [-0.05, 0) is 71.9 Å². The molecule has 1 saturated carbocycles. The first kappa shape index (κ1) is 19.7. The molecule has 3 unspecified atom stereocenters. The quantitative estimate of drug-likeness (QED) is 0.649. The van der Waals surface area contributed by atoms with E-state index in [1.165, 1.54) is 6.07 Å². The first-order valence-corrected chi connectivity index (χ1v) is 9.53. The zero-order valence-corrected chi connectivity index (χ0v) is 15.4. The van der Waals surface area contributed by atoms with Gasteiger partial charge in [-0.25, -0.2) is 13.2 Å². The van der Waals surface area contributed by atoms with Crippen LogP contribution in [-0.2, 0) is 0 Å². The van der Waals surface area contributed by atoms with Crippen molar-refractivity contribution in [2.24, 2.45) is 11.8 Å². The van der Waals surface area contributed by atoms with E-state index < -0.39 is 17.5 Å². The van der Waals surface area contributed by atoms with Gasteiger partial charge in [-0.15, -0.1) is 0 Å². The first-order chi connectivity index (χ1) is 12.9. The summed E-state index contributed by atoms with van der Waals surface area (Å²) in [5, 5.41) is 20.4. The van der Waals surface area contributed by atoms with Gasteiger partial charge in [0.2, 0.25) is 0 Å². The van der Waals surface area contributed by atoms with Gasteiger partial charge in [-0.1, -0.05) is 31.9 Å². The second-order valence-electron chi connectivity index (χ2n) is 7.54. The number of aromatic hydroxyl groups is 1. The molecule has 2 N–H and O–H groups in total. The van der Waals surface area contributed by atoms with Gasteiger partial charge in [0.15, 0.2) is 17.5 Å². The molecule has 1 aliphatic rings. The Kier molecular flexibility index (Phi) is 6.10. The zero-order chi connectivity index (χ0) is 19.6. The van der Waals surface area contributed by atoms with Crippen LogP contribution in [0.2, 0.25) is 0 Å². The van der Waals surface area contributed by atoms with Crippen LogP contribution in [0.5, 0.6) is 5.75 Å². The Hall–Kier alpha value is -2.01. The number of aliphatic hydroxyl groups excluding tert-OH is 1. The summed E-state index contributed by atoms with van der Waals surface area (Å²) in [6.45, 7) is 2.23. The summed E-state index contributed by atoms with van der Waals surface area (Å²) in [5.74, 6) is -3.24. The molecular weight excluding hydrogens is 353 g/mol. The number of hydrogen-bond acceptors (Lipinski definition) is 2. The number of benzene rings is 2. The van der Waals surface area contributed by atoms with Gasteiger partial charge in [0.25, 0.3) is 0 Å². The van der Waals surface area contributed by atoms with Crippen molar-refractivity contribution in [1.29, 1.82) is 0 Å². The lowest BCUT2D eigenvalue weighted by Gasteiger charge is -2.36. The Bertz CT molecular complexity index is 783.